The van der Waals surface area contributed by atoms with Gasteiger partial charge in [-0.05, 0) is 57.5 Å². The highest BCUT2D eigenvalue weighted by molar-refractivity contribution is 4.76. The van der Waals surface area contributed by atoms with Crippen molar-refractivity contribution in [3.8, 4) is 0 Å². The number of nitrogens with zero attached hydrogens (tertiary/aromatic N) is 1. The molecule has 0 amide bonds. The number of likely N-dealkylation sites (N-methyl/N-ethyl adjacent to an activating group) is 1. The normalized spacial score (nSPS) is 25.8. The summed E-state index contributed by atoms with van der Waals surface area (Å²) < 4.78 is 0. The van der Waals surface area contributed by atoms with E-state index in [9.17, 15) is 0 Å². The fourth-order valence-electron chi connectivity index (χ4n) is 2.64. The predicted octanol–water partition coefficient (Wildman–Crippen LogP) is 3.13. The van der Waals surface area contributed by atoms with Crippen molar-refractivity contribution in [3.63, 3.8) is 0 Å². The summed E-state index contributed by atoms with van der Waals surface area (Å²) in [6.07, 6.45) is 6.96. The average molecular weight is 240 g/mol. The van der Waals surface area contributed by atoms with Gasteiger partial charge in [0.05, 0.1) is 0 Å². The van der Waals surface area contributed by atoms with Gasteiger partial charge < -0.3 is 10.2 Å². The maximum absolute atomic E-state index is 3.55. The molecule has 1 rings (SSSR count). The van der Waals surface area contributed by atoms with Crippen molar-refractivity contribution in [2.75, 3.05) is 26.7 Å². The minimum atomic E-state index is 0.820. The van der Waals surface area contributed by atoms with Crippen LogP contribution in [-0.2, 0) is 0 Å². The van der Waals surface area contributed by atoms with Crippen molar-refractivity contribution >= 4 is 0 Å². The SMILES string of the molecule is CC(C)CCNCCN(C)C1CCC(C)CC1. The summed E-state index contributed by atoms with van der Waals surface area (Å²) in [7, 11) is 2.30. The highest BCUT2D eigenvalue weighted by atomic mass is 15.1. The van der Waals surface area contributed by atoms with E-state index in [2.05, 4.69) is 38.0 Å². The molecule has 0 unspecified atom stereocenters. The fraction of sp³-hybridized carbons (Fsp3) is 1.00. The Balaban J connectivity index is 2.02. The lowest BCUT2D eigenvalue weighted by atomic mass is 9.87. The first-order chi connectivity index (χ1) is 8.09. The van der Waals surface area contributed by atoms with Crippen LogP contribution in [0.15, 0.2) is 0 Å². The van der Waals surface area contributed by atoms with E-state index in [1.165, 1.54) is 45.2 Å². The zero-order valence-corrected chi connectivity index (χ0v) is 12.3. The van der Waals surface area contributed by atoms with Crippen molar-refractivity contribution in [2.45, 2.75) is 58.9 Å². The average Bonchev–Trinajstić information content (AvgIpc) is 2.29. The molecular weight excluding hydrogens is 208 g/mol. The molecule has 2 nitrogen and oxygen atoms in total. The second-order valence-corrected chi connectivity index (χ2v) is 6.33. The molecule has 2 heteroatoms. The third-order valence-corrected chi connectivity index (χ3v) is 4.15. The van der Waals surface area contributed by atoms with E-state index in [0.29, 0.717) is 0 Å². The van der Waals surface area contributed by atoms with E-state index < -0.39 is 0 Å². The van der Waals surface area contributed by atoms with Gasteiger partial charge >= 0.3 is 0 Å². The number of hydrogen-bond acceptors (Lipinski definition) is 2. The second-order valence-electron chi connectivity index (χ2n) is 6.33. The van der Waals surface area contributed by atoms with Crippen LogP contribution in [0, 0.1) is 11.8 Å². The first-order valence-corrected chi connectivity index (χ1v) is 7.50. The summed E-state index contributed by atoms with van der Waals surface area (Å²) in [6.45, 7) is 10.5. The van der Waals surface area contributed by atoms with Crippen molar-refractivity contribution in [1.29, 1.82) is 0 Å². The molecule has 1 aliphatic rings. The molecule has 0 spiro atoms. The Morgan fingerprint density at radius 3 is 2.35 bits per heavy atom. The van der Waals surface area contributed by atoms with Crippen LogP contribution in [0.5, 0.6) is 0 Å². The Bertz CT molecular complexity index is 183. The topological polar surface area (TPSA) is 15.3 Å². The van der Waals surface area contributed by atoms with Gasteiger partial charge in [0, 0.05) is 19.1 Å². The Morgan fingerprint density at radius 2 is 1.76 bits per heavy atom. The summed E-state index contributed by atoms with van der Waals surface area (Å²) in [4.78, 5) is 2.56. The lowest BCUT2D eigenvalue weighted by Gasteiger charge is -2.33. The molecule has 1 saturated carbocycles. The molecule has 1 N–H and O–H groups in total. The minimum Gasteiger partial charge on any atom is -0.315 e. The van der Waals surface area contributed by atoms with Gasteiger partial charge in [0.15, 0.2) is 0 Å². The summed E-state index contributed by atoms with van der Waals surface area (Å²) in [6, 6.07) is 0.845. The van der Waals surface area contributed by atoms with E-state index in [-0.39, 0.29) is 0 Å². The van der Waals surface area contributed by atoms with E-state index in [4.69, 9.17) is 0 Å². The predicted molar refractivity (Wildman–Crippen MR) is 76.4 cm³/mol. The van der Waals surface area contributed by atoms with Gasteiger partial charge in [-0.25, -0.2) is 0 Å². The van der Waals surface area contributed by atoms with Crippen molar-refractivity contribution in [1.82, 2.24) is 10.2 Å². The zero-order valence-electron chi connectivity index (χ0n) is 12.3. The van der Waals surface area contributed by atoms with Crippen LogP contribution in [0.4, 0.5) is 0 Å². The summed E-state index contributed by atoms with van der Waals surface area (Å²) in [5.41, 5.74) is 0. The Morgan fingerprint density at radius 1 is 1.12 bits per heavy atom. The molecule has 0 saturated heterocycles. The van der Waals surface area contributed by atoms with Gasteiger partial charge in [-0.2, -0.15) is 0 Å². The molecule has 0 aromatic carbocycles. The first-order valence-electron chi connectivity index (χ1n) is 7.50. The summed E-state index contributed by atoms with van der Waals surface area (Å²) in [5, 5.41) is 3.55. The van der Waals surface area contributed by atoms with Crippen molar-refractivity contribution < 1.29 is 0 Å². The van der Waals surface area contributed by atoms with Gasteiger partial charge in [0.1, 0.15) is 0 Å². The van der Waals surface area contributed by atoms with Gasteiger partial charge in [-0.3, -0.25) is 0 Å². The lowest BCUT2D eigenvalue weighted by Crippen LogP contribution is -2.39. The molecule has 0 aromatic heterocycles. The quantitative estimate of drug-likeness (QED) is 0.688. The molecule has 0 aromatic rings. The Kier molecular flexibility index (Phi) is 7.14. The highest BCUT2D eigenvalue weighted by Gasteiger charge is 2.20. The molecule has 0 atom stereocenters. The monoisotopic (exact) mass is 240 g/mol. The van der Waals surface area contributed by atoms with Gasteiger partial charge in [-0.1, -0.05) is 20.8 Å². The Labute approximate surface area is 108 Å². The minimum absolute atomic E-state index is 0.820. The summed E-state index contributed by atoms with van der Waals surface area (Å²) >= 11 is 0. The van der Waals surface area contributed by atoms with Crippen molar-refractivity contribution in [2.24, 2.45) is 11.8 Å². The van der Waals surface area contributed by atoms with Crippen LogP contribution in [0.1, 0.15) is 52.9 Å². The maximum atomic E-state index is 3.55. The van der Waals surface area contributed by atoms with Crippen LogP contribution < -0.4 is 5.32 Å². The number of nitrogens with one attached hydrogen (secondary N) is 1. The zero-order chi connectivity index (χ0) is 12.7. The largest absolute Gasteiger partial charge is 0.315 e. The van der Waals surface area contributed by atoms with Crippen LogP contribution in [0.2, 0.25) is 0 Å². The molecule has 0 radical (unpaired) electrons. The molecule has 1 aliphatic carbocycles. The van der Waals surface area contributed by atoms with Crippen LogP contribution in [0.25, 0.3) is 0 Å². The molecule has 0 heterocycles. The van der Waals surface area contributed by atoms with Crippen LogP contribution >= 0.6 is 0 Å². The fourth-order valence-corrected chi connectivity index (χ4v) is 2.64. The standard InChI is InChI=1S/C15H32N2/c1-13(2)9-10-16-11-12-17(4)15-7-5-14(3)6-8-15/h13-16H,5-12H2,1-4H3. The molecule has 102 valence electrons. The molecule has 0 aliphatic heterocycles. The molecule has 1 fully saturated rings. The number of rotatable bonds is 7. The third-order valence-electron chi connectivity index (χ3n) is 4.15. The second kappa shape index (κ2) is 8.10. The maximum Gasteiger partial charge on any atom is 0.0107 e. The third kappa shape index (κ3) is 6.42. The van der Waals surface area contributed by atoms with Gasteiger partial charge in [0.25, 0.3) is 0 Å². The first kappa shape index (κ1) is 15.0. The summed E-state index contributed by atoms with van der Waals surface area (Å²) in [5.74, 6) is 1.78. The molecule has 17 heavy (non-hydrogen) atoms. The Hall–Kier alpha value is -0.0800. The van der Waals surface area contributed by atoms with Gasteiger partial charge in [0.2, 0.25) is 0 Å². The van der Waals surface area contributed by atoms with Crippen molar-refractivity contribution in [3.05, 3.63) is 0 Å². The molecule has 0 bridgehead atoms. The molecular formula is C15H32N2. The van der Waals surface area contributed by atoms with E-state index in [1.54, 1.807) is 0 Å². The highest BCUT2D eigenvalue weighted by Crippen LogP contribution is 2.26. The van der Waals surface area contributed by atoms with Crippen LogP contribution in [0.3, 0.4) is 0 Å². The number of hydrogen-bond donors (Lipinski definition) is 1. The smallest absolute Gasteiger partial charge is 0.0107 e. The van der Waals surface area contributed by atoms with E-state index >= 15 is 0 Å². The lowest BCUT2D eigenvalue weighted by molar-refractivity contribution is 0.171. The van der Waals surface area contributed by atoms with E-state index in [0.717, 1.165) is 24.4 Å². The van der Waals surface area contributed by atoms with Crippen LogP contribution in [-0.4, -0.2) is 37.6 Å². The van der Waals surface area contributed by atoms with Gasteiger partial charge in [-0.15, -0.1) is 0 Å². The van der Waals surface area contributed by atoms with E-state index in [1.807, 2.05) is 0 Å².